The Bertz CT molecular complexity index is 1450. The Labute approximate surface area is 255 Å². The third-order valence-electron chi connectivity index (χ3n) is 7.37. The lowest BCUT2D eigenvalue weighted by Crippen LogP contribution is -2.50. The second-order valence-corrected chi connectivity index (χ2v) is 12.8. The fourth-order valence-electron chi connectivity index (χ4n) is 5.47. The average Bonchev–Trinajstić information content (AvgIpc) is 3.19. The number of halogens is 3. The largest absolute Gasteiger partial charge is 0.488 e. The molecule has 3 heterocycles. The summed E-state index contributed by atoms with van der Waals surface area (Å²) in [5.41, 5.74) is 0.172. The first kappa shape index (κ1) is 30.4. The number of benzene rings is 2. The predicted octanol–water partition coefficient (Wildman–Crippen LogP) is 7.07. The van der Waals surface area contributed by atoms with Crippen molar-refractivity contribution in [3.8, 4) is 11.5 Å². The number of nitrogens with one attached hydrogen (secondary N) is 1. The molecule has 0 spiro atoms. The van der Waals surface area contributed by atoms with Gasteiger partial charge in [0.1, 0.15) is 30.5 Å². The number of rotatable bonds is 8. The van der Waals surface area contributed by atoms with E-state index >= 15 is 0 Å². The Morgan fingerprint density at radius 3 is 2.50 bits per heavy atom. The van der Waals surface area contributed by atoms with Crippen LogP contribution in [0.4, 0.5) is 20.7 Å². The van der Waals surface area contributed by atoms with Gasteiger partial charge in [0, 0.05) is 42.9 Å². The minimum Gasteiger partial charge on any atom is -0.488 e. The molecule has 0 radical (unpaired) electrons. The molecule has 2 bridgehead atoms. The highest BCUT2D eigenvalue weighted by atomic mass is 35.5. The molecule has 1 unspecified atom stereocenters. The molecule has 3 atom stereocenters. The van der Waals surface area contributed by atoms with Gasteiger partial charge < -0.3 is 29.3 Å². The summed E-state index contributed by atoms with van der Waals surface area (Å²) in [7, 11) is 3.95. The summed E-state index contributed by atoms with van der Waals surface area (Å²) in [6, 6.07) is 6.73. The molecule has 2 aliphatic rings. The van der Waals surface area contributed by atoms with E-state index in [-0.39, 0.29) is 40.0 Å². The first-order chi connectivity index (χ1) is 19.9. The van der Waals surface area contributed by atoms with Gasteiger partial charge in [0.05, 0.1) is 21.2 Å². The zero-order chi connectivity index (χ0) is 30.2. The van der Waals surface area contributed by atoms with Crippen LogP contribution in [-0.2, 0) is 4.74 Å². The molecule has 1 aromatic heterocycles. The molecule has 1 N–H and O–H groups in total. The van der Waals surface area contributed by atoms with Crippen LogP contribution in [0.25, 0.3) is 10.9 Å². The van der Waals surface area contributed by atoms with Crippen LogP contribution in [0, 0.1) is 5.82 Å². The van der Waals surface area contributed by atoms with Gasteiger partial charge in [-0.1, -0.05) is 23.2 Å². The number of likely N-dealkylation sites (N-methyl/N-ethyl adjacent to an activating group) is 1. The minimum absolute atomic E-state index is 0.0420. The Hall–Kier alpha value is -3.08. The maximum absolute atomic E-state index is 14.9. The number of amides is 1. The molecular weight excluding hydrogens is 584 g/mol. The zero-order valence-corrected chi connectivity index (χ0v) is 25.9. The van der Waals surface area contributed by atoms with Crippen molar-refractivity contribution in [3.05, 3.63) is 46.5 Å². The maximum Gasteiger partial charge on any atom is 0.410 e. The lowest BCUT2D eigenvalue weighted by Gasteiger charge is -2.39. The number of piperidine rings is 1. The van der Waals surface area contributed by atoms with Crippen LogP contribution in [0.15, 0.2) is 30.6 Å². The number of aromatic nitrogens is 2. The van der Waals surface area contributed by atoms with E-state index in [1.807, 2.05) is 56.8 Å². The normalized spacial score (nSPS) is 20.2. The number of hydrogen-bond acceptors (Lipinski definition) is 8. The van der Waals surface area contributed by atoms with Gasteiger partial charge in [-0.15, -0.1) is 0 Å². The molecule has 2 saturated heterocycles. The molecule has 12 heteroatoms. The van der Waals surface area contributed by atoms with E-state index in [1.54, 1.807) is 0 Å². The van der Waals surface area contributed by atoms with Crippen molar-refractivity contribution in [1.82, 2.24) is 19.8 Å². The van der Waals surface area contributed by atoms with Crippen LogP contribution < -0.4 is 14.8 Å². The molecule has 2 aromatic carbocycles. The quantitative estimate of drug-likeness (QED) is 0.268. The maximum atomic E-state index is 14.9. The summed E-state index contributed by atoms with van der Waals surface area (Å²) < 4.78 is 33.3. The van der Waals surface area contributed by atoms with Gasteiger partial charge in [0.25, 0.3) is 0 Å². The monoisotopic (exact) mass is 619 g/mol. The van der Waals surface area contributed by atoms with E-state index in [4.69, 9.17) is 37.4 Å². The molecule has 226 valence electrons. The van der Waals surface area contributed by atoms with Gasteiger partial charge in [-0.3, -0.25) is 0 Å². The van der Waals surface area contributed by atoms with E-state index in [2.05, 4.69) is 15.3 Å². The summed E-state index contributed by atoms with van der Waals surface area (Å²) >= 11 is 12.0. The molecule has 2 fully saturated rings. The second kappa shape index (κ2) is 12.3. The number of hydrogen-bond donors (Lipinski definition) is 1. The van der Waals surface area contributed by atoms with Crippen LogP contribution in [0.2, 0.25) is 10.0 Å². The van der Waals surface area contributed by atoms with Crippen LogP contribution in [0.5, 0.6) is 11.5 Å². The molecule has 5 rings (SSSR count). The van der Waals surface area contributed by atoms with Crippen LogP contribution >= 0.6 is 23.2 Å². The Kier molecular flexibility index (Phi) is 8.87. The lowest BCUT2D eigenvalue weighted by molar-refractivity contribution is -0.00743. The third-order valence-corrected chi connectivity index (χ3v) is 8.15. The molecule has 9 nitrogen and oxygen atoms in total. The zero-order valence-electron chi connectivity index (χ0n) is 24.4. The fraction of sp³-hybridized carbons (Fsp3) is 0.500. The van der Waals surface area contributed by atoms with Gasteiger partial charge in [-0.2, -0.15) is 0 Å². The third kappa shape index (κ3) is 6.76. The SMILES string of the molecule is CN(C)CCOc1cc2ncnc(Nc3ccc(Cl)c(Cl)c3F)c2cc1OC1C[C@H]2CC[C@@H](C1)N2C(=O)OC(C)(C)C. The van der Waals surface area contributed by atoms with Crippen LogP contribution in [0.3, 0.4) is 0 Å². The number of anilines is 2. The Morgan fingerprint density at radius 2 is 1.83 bits per heavy atom. The standard InChI is InChI=1S/C30H36Cl2FN5O4/c1-30(2,3)42-29(39)38-17-6-7-18(38)13-19(12-17)41-25-14-20-23(15-24(25)40-11-10-37(4)5)34-16-35-28(20)36-22-9-8-21(31)26(32)27(22)33/h8-9,14-19H,6-7,10-13H2,1-5H3,(H,34,35,36)/t17-,18+,19?. The molecule has 3 aromatic rings. The van der Waals surface area contributed by atoms with E-state index in [9.17, 15) is 9.18 Å². The molecule has 0 aliphatic carbocycles. The van der Waals surface area contributed by atoms with E-state index in [0.29, 0.717) is 54.2 Å². The second-order valence-electron chi connectivity index (χ2n) is 12.0. The van der Waals surface area contributed by atoms with Crippen molar-refractivity contribution in [2.75, 3.05) is 32.6 Å². The number of carbonyl (C=O) groups is 1. The Morgan fingerprint density at radius 1 is 1.12 bits per heavy atom. The molecule has 0 saturated carbocycles. The van der Waals surface area contributed by atoms with Crippen molar-refractivity contribution in [1.29, 1.82) is 0 Å². The van der Waals surface area contributed by atoms with Crippen LogP contribution in [-0.4, -0.2) is 76.9 Å². The summed E-state index contributed by atoms with van der Waals surface area (Å²) in [6.07, 6.45) is 4.16. The molecule has 1 amide bonds. The summed E-state index contributed by atoms with van der Waals surface area (Å²) in [6.45, 7) is 6.79. The van der Waals surface area contributed by atoms with E-state index in [1.165, 1.54) is 18.5 Å². The highest BCUT2D eigenvalue weighted by Crippen LogP contribution is 2.42. The number of ether oxygens (including phenoxy) is 3. The first-order valence-electron chi connectivity index (χ1n) is 14.0. The minimum atomic E-state index is -0.678. The van der Waals surface area contributed by atoms with Gasteiger partial charge in [-0.25, -0.2) is 19.2 Å². The van der Waals surface area contributed by atoms with Crippen molar-refractivity contribution in [2.45, 2.75) is 70.2 Å². The van der Waals surface area contributed by atoms with Gasteiger partial charge >= 0.3 is 6.09 Å². The molecule has 2 aliphatic heterocycles. The lowest BCUT2D eigenvalue weighted by atomic mass is 10.00. The topological polar surface area (TPSA) is 89.1 Å². The predicted molar refractivity (Wildman–Crippen MR) is 162 cm³/mol. The van der Waals surface area contributed by atoms with Crippen molar-refractivity contribution in [3.63, 3.8) is 0 Å². The van der Waals surface area contributed by atoms with Crippen molar-refractivity contribution < 1.29 is 23.4 Å². The summed E-state index contributed by atoms with van der Waals surface area (Å²) in [5.74, 6) is 0.783. The molecule has 42 heavy (non-hydrogen) atoms. The number of fused-ring (bicyclic) bond motifs is 3. The summed E-state index contributed by atoms with van der Waals surface area (Å²) in [4.78, 5) is 25.7. The van der Waals surface area contributed by atoms with Gasteiger partial charge in [0.2, 0.25) is 0 Å². The van der Waals surface area contributed by atoms with Gasteiger partial charge in [-0.05, 0) is 65.9 Å². The smallest absolute Gasteiger partial charge is 0.410 e. The number of nitrogens with zero attached hydrogens (tertiary/aromatic N) is 4. The van der Waals surface area contributed by atoms with E-state index < -0.39 is 11.4 Å². The average molecular weight is 621 g/mol. The highest BCUT2D eigenvalue weighted by molar-refractivity contribution is 6.42. The van der Waals surface area contributed by atoms with Crippen molar-refractivity contribution >= 4 is 51.7 Å². The first-order valence-corrected chi connectivity index (χ1v) is 14.8. The fourth-order valence-corrected chi connectivity index (χ4v) is 5.78. The van der Waals surface area contributed by atoms with Crippen LogP contribution in [0.1, 0.15) is 46.5 Å². The van der Waals surface area contributed by atoms with Gasteiger partial charge in [0.15, 0.2) is 17.3 Å². The molecular formula is C30H36Cl2FN5O4. The van der Waals surface area contributed by atoms with Crippen molar-refractivity contribution in [2.24, 2.45) is 0 Å². The highest BCUT2D eigenvalue weighted by Gasteiger charge is 2.45. The number of carbonyl (C=O) groups excluding carboxylic acids is 1. The Balaban J connectivity index is 1.43. The summed E-state index contributed by atoms with van der Waals surface area (Å²) in [5, 5.41) is 3.59. The van der Waals surface area contributed by atoms with E-state index in [0.717, 1.165) is 12.8 Å².